The van der Waals surface area contributed by atoms with Crippen LogP contribution in [0.25, 0.3) is 0 Å². The fourth-order valence-corrected chi connectivity index (χ4v) is 2.50. The summed E-state index contributed by atoms with van der Waals surface area (Å²) < 4.78 is 18.5. The van der Waals surface area contributed by atoms with E-state index in [1.165, 1.54) is 13.2 Å². The first-order valence-electron chi connectivity index (χ1n) is 6.17. The van der Waals surface area contributed by atoms with Gasteiger partial charge in [0.2, 0.25) is 0 Å². The van der Waals surface area contributed by atoms with E-state index in [1.807, 2.05) is 0 Å². The summed E-state index contributed by atoms with van der Waals surface area (Å²) in [4.78, 5) is 10.9. The molecule has 1 aliphatic rings. The standard InChI is InChI=1S/C14H17FO3/c1-18-13-6-5-10(7-12(13)15)11(8-14(16)17)9-3-2-4-9/h5-7,9,11H,2-4,8H2,1H3,(H,16,17). The number of ether oxygens (including phenoxy) is 1. The number of carboxylic acid groups (broad SMARTS) is 1. The number of methoxy groups -OCH3 is 1. The average molecular weight is 252 g/mol. The summed E-state index contributed by atoms with van der Waals surface area (Å²) in [6.45, 7) is 0. The van der Waals surface area contributed by atoms with Crippen LogP contribution in [0.5, 0.6) is 5.75 Å². The molecule has 1 fully saturated rings. The maximum atomic E-state index is 13.7. The van der Waals surface area contributed by atoms with E-state index in [4.69, 9.17) is 9.84 Å². The highest BCUT2D eigenvalue weighted by atomic mass is 19.1. The Balaban J connectivity index is 2.23. The van der Waals surface area contributed by atoms with E-state index in [-0.39, 0.29) is 18.1 Å². The van der Waals surface area contributed by atoms with Crippen LogP contribution in [-0.4, -0.2) is 18.2 Å². The zero-order chi connectivity index (χ0) is 13.1. The smallest absolute Gasteiger partial charge is 0.303 e. The second kappa shape index (κ2) is 5.38. The second-order valence-corrected chi connectivity index (χ2v) is 4.79. The van der Waals surface area contributed by atoms with E-state index in [9.17, 15) is 9.18 Å². The van der Waals surface area contributed by atoms with Gasteiger partial charge in [-0.05, 0) is 42.4 Å². The topological polar surface area (TPSA) is 46.5 Å². The van der Waals surface area contributed by atoms with Crippen molar-refractivity contribution in [3.8, 4) is 5.75 Å². The highest BCUT2D eigenvalue weighted by Gasteiger charge is 2.30. The predicted octanol–water partition coefficient (Wildman–Crippen LogP) is 3.19. The van der Waals surface area contributed by atoms with E-state index in [0.717, 1.165) is 24.8 Å². The van der Waals surface area contributed by atoms with Gasteiger partial charge in [-0.25, -0.2) is 4.39 Å². The van der Waals surface area contributed by atoms with Crippen LogP contribution in [0.2, 0.25) is 0 Å². The number of benzene rings is 1. The van der Waals surface area contributed by atoms with Gasteiger partial charge in [-0.1, -0.05) is 12.5 Å². The van der Waals surface area contributed by atoms with Crippen molar-refractivity contribution in [1.82, 2.24) is 0 Å². The third-order valence-corrected chi connectivity index (χ3v) is 3.72. The summed E-state index contributed by atoms with van der Waals surface area (Å²) in [7, 11) is 1.42. The molecule has 0 spiro atoms. The SMILES string of the molecule is COc1ccc(C(CC(=O)O)C2CCC2)cc1F. The molecule has 0 aliphatic heterocycles. The number of aliphatic carboxylic acids is 1. The van der Waals surface area contributed by atoms with Crippen LogP contribution in [0.3, 0.4) is 0 Å². The number of carboxylic acids is 1. The minimum Gasteiger partial charge on any atom is -0.494 e. The Morgan fingerprint density at radius 2 is 2.28 bits per heavy atom. The van der Waals surface area contributed by atoms with Crippen molar-refractivity contribution in [1.29, 1.82) is 0 Å². The first kappa shape index (κ1) is 12.9. The van der Waals surface area contributed by atoms with Crippen molar-refractivity contribution < 1.29 is 19.0 Å². The van der Waals surface area contributed by atoms with Gasteiger partial charge < -0.3 is 9.84 Å². The van der Waals surface area contributed by atoms with Crippen molar-refractivity contribution in [2.24, 2.45) is 5.92 Å². The van der Waals surface area contributed by atoms with E-state index < -0.39 is 11.8 Å². The second-order valence-electron chi connectivity index (χ2n) is 4.79. The van der Waals surface area contributed by atoms with Crippen LogP contribution in [0, 0.1) is 11.7 Å². The first-order chi connectivity index (χ1) is 8.61. The quantitative estimate of drug-likeness (QED) is 0.875. The van der Waals surface area contributed by atoms with Crippen molar-refractivity contribution in [2.45, 2.75) is 31.6 Å². The van der Waals surface area contributed by atoms with Gasteiger partial charge in [0.1, 0.15) is 0 Å². The van der Waals surface area contributed by atoms with Crippen LogP contribution < -0.4 is 4.74 Å². The molecule has 0 saturated heterocycles. The Bertz CT molecular complexity index is 441. The Morgan fingerprint density at radius 1 is 1.56 bits per heavy atom. The van der Waals surface area contributed by atoms with Gasteiger partial charge in [0, 0.05) is 0 Å². The number of halogens is 1. The number of hydrogen-bond donors (Lipinski definition) is 1. The van der Waals surface area contributed by atoms with Gasteiger partial charge in [-0.3, -0.25) is 4.79 Å². The van der Waals surface area contributed by atoms with Crippen molar-refractivity contribution >= 4 is 5.97 Å². The Kier molecular flexibility index (Phi) is 3.84. The van der Waals surface area contributed by atoms with Gasteiger partial charge >= 0.3 is 5.97 Å². The molecule has 1 atom stereocenters. The summed E-state index contributed by atoms with van der Waals surface area (Å²) in [5, 5.41) is 8.97. The lowest BCUT2D eigenvalue weighted by atomic mass is 9.71. The van der Waals surface area contributed by atoms with Gasteiger partial charge in [0.05, 0.1) is 13.5 Å². The molecule has 1 aliphatic carbocycles. The van der Waals surface area contributed by atoms with E-state index in [2.05, 4.69) is 0 Å². The lowest BCUT2D eigenvalue weighted by Crippen LogP contribution is -2.22. The van der Waals surface area contributed by atoms with E-state index >= 15 is 0 Å². The van der Waals surface area contributed by atoms with Gasteiger partial charge in [0.15, 0.2) is 11.6 Å². The molecule has 2 rings (SSSR count). The molecule has 1 saturated carbocycles. The molecule has 1 N–H and O–H groups in total. The molecule has 98 valence electrons. The zero-order valence-electron chi connectivity index (χ0n) is 10.4. The Labute approximate surface area is 106 Å². The average Bonchev–Trinajstić information content (AvgIpc) is 2.25. The third kappa shape index (κ3) is 2.63. The minimum atomic E-state index is -0.830. The van der Waals surface area contributed by atoms with Gasteiger partial charge in [0.25, 0.3) is 0 Å². The molecule has 0 aromatic heterocycles. The van der Waals surface area contributed by atoms with Crippen LogP contribution in [-0.2, 0) is 4.79 Å². The molecule has 4 heteroatoms. The fourth-order valence-electron chi connectivity index (χ4n) is 2.50. The molecular formula is C14H17FO3. The minimum absolute atomic E-state index is 0.0659. The predicted molar refractivity (Wildman–Crippen MR) is 65.3 cm³/mol. The zero-order valence-corrected chi connectivity index (χ0v) is 10.4. The molecule has 0 amide bonds. The van der Waals surface area contributed by atoms with E-state index in [0.29, 0.717) is 5.92 Å². The largest absolute Gasteiger partial charge is 0.494 e. The number of rotatable bonds is 5. The van der Waals surface area contributed by atoms with Crippen molar-refractivity contribution in [2.75, 3.05) is 7.11 Å². The normalized spacial score (nSPS) is 17.0. The molecular weight excluding hydrogens is 235 g/mol. The fraction of sp³-hybridized carbons (Fsp3) is 0.500. The maximum absolute atomic E-state index is 13.7. The third-order valence-electron chi connectivity index (χ3n) is 3.72. The molecule has 0 heterocycles. The van der Waals surface area contributed by atoms with Gasteiger partial charge in [-0.15, -0.1) is 0 Å². The summed E-state index contributed by atoms with van der Waals surface area (Å²) in [6, 6.07) is 4.75. The van der Waals surface area contributed by atoms with Gasteiger partial charge in [-0.2, -0.15) is 0 Å². The highest BCUT2D eigenvalue weighted by molar-refractivity contribution is 5.68. The van der Waals surface area contributed by atoms with Crippen LogP contribution in [0.4, 0.5) is 4.39 Å². The molecule has 0 bridgehead atoms. The van der Waals surface area contributed by atoms with Crippen molar-refractivity contribution in [3.63, 3.8) is 0 Å². The summed E-state index contributed by atoms with van der Waals surface area (Å²) >= 11 is 0. The lowest BCUT2D eigenvalue weighted by Gasteiger charge is -2.33. The molecule has 1 unspecified atom stereocenters. The molecule has 1 aromatic carbocycles. The van der Waals surface area contributed by atoms with Crippen LogP contribution >= 0.6 is 0 Å². The van der Waals surface area contributed by atoms with E-state index in [1.54, 1.807) is 12.1 Å². The van der Waals surface area contributed by atoms with Crippen molar-refractivity contribution in [3.05, 3.63) is 29.6 Å². The summed E-state index contributed by atoms with van der Waals surface area (Å²) in [5.74, 6) is -0.778. The maximum Gasteiger partial charge on any atom is 0.303 e. The molecule has 18 heavy (non-hydrogen) atoms. The Morgan fingerprint density at radius 3 is 2.72 bits per heavy atom. The molecule has 3 nitrogen and oxygen atoms in total. The summed E-state index contributed by atoms with van der Waals surface area (Å²) in [5.41, 5.74) is 0.764. The monoisotopic (exact) mass is 252 g/mol. The molecule has 0 radical (unpaired) electrons. The molecule has 1 aromatic rings. The lowest BCUT2D eigenvalue weighted by molar-refractivity contribution is -0.138. The number of hydrogen-bond acceptors (Lipinski definition) is 2. The van der Waals surface area contributed by atoms with Crippen LogP contribution in [0.1, 0.15) is 37.2 Å². The highest BCUT2D eigenvalue weighted by Crippen LogP contribution is 2.41. The van der Waals surface area contributed by atoms with Crippen LogP contribution in [0.15, 0.2) is 18.2 Å². The Hall–Kier alpha value is -1.58. The number of carbonyl (C=O) groups is 1. The first-order valence-corrected chi connectivity index (χ1v) is 6.17. The summed E-state index contributed by atoms with van der Waals surface area (Å²) in [6.07, 6.45) is 3.27.